The van der Waals surface area contributed by atoms with Crippen LogP contribution in [0.1, 0.15) is 27.0 Å². The molecule has 110 valence electrons. The average Bonchev–Trinajstić information content (AvgIpc) is 2.50. The number of carbonyl (C=O) groups excluding carboxylic acids is 1. The van der Waals surface area contributed by atoms with Crippen LogP contribution in [0.25, 0.3) is 10.9 Å². The number of nitrogens with one attached hydrogen (secondary N) is 1. The third-order valence-corrected chi connectivity index (χ3v) is 3.86. The van der Waals surface area contributed by atoms with E-state index in [-0.39, 0.29) is 11.3 Å². The molecule has 0 spiro atoms. The third kappa shape index (κ3) is 2.19. The van der Waals surface area contributed by atoms with Gasteiger partial charge in [0.1, 0.15) is 11.3 Å². The van der Waals surface area contributed by atoms with Gasteiger partial charge in [0, 0.05) is 10.9 Å². The molecule has 4 heteroatoms. The predicted octanol–water partition coefficient (Wildman–Crippen LogP) is 3.08. The molecule has 0 aliphatic carbocycles. The molecule has 0 aliphatic rings. The first kappa shape index (κ1) is 14.1. The first-order valence-electron chi connectivity index (χ1n) is 6.95. The summed E-state index contributed by atoms with van der Waals surface area (Å²) in [6, 6.07) is 12.0. The van der Waals surface area contributed by atoms with E-state index >= 15 is 0 Å². The molecule has 0 saturated carbocycles. The first-order valence-corrected chi connectivity index (χ1v) is 6.95. The standard InChI is InChI=1S/C18H15NO3/c1-10-8-13-14(9-11(10)2)19-18(22)15(17(13)21)16(20)12-6-4-3-5-7-12/h3-9H,1-2H3,(H2,19,21,22). The summed E-state index contributed by atoms with van der Waals surface area (Å²) in [7, 11) is 0. The first-order chi connectivity index (χ1) is 10.5. The molecule has 1 aromatic heterocycles. The van der Waals surface area contributed by atoms with Crippen LogP contribution in [0, 0.1) is 13.8 Å². The Morgan fingerprint density at radius 2 is 1.68 bits per heavy atom. The quantitative estimate of drug-likeness (QED) is 0.713. The van der Waals surface area contributed by atoms with E-state index in [2.05, 4.69) is 4.98 Å². The van der Waals surface area contributed by atoms with Gasteiger partial charge in [0.05, 0.1) is 5.52 Å². The van der Waals surface area contributed by atoms with Crippen LogP contribution in [-0.4, -0.2) is 15.9 Å². The van der Waals surface area contributed by atoms with Crippen molar-refractivity contribution in [3.63, 3.8) is 0 Å². The lowest BCUT2D eigenvalue weighted by Crippen LogP contribution is -2.19. The van der Waals surface area contributed by atoms with Gasteiger partial charge in [-0.3, -0.25) is 9.59 Å². The van der Waals surface area contributed by atoms with E-state index in [0.29, 0.717) is 16.5 Å². The molecule has 0 atom stereocenters. The zero-order valence-electron chi connectivity index (χ0n) is 12.3. The molecule has 0 saturated heterocycles. The fraction of sp³-hybridized carbons (Fsp3) is 0.111. The molecule has 0 radical (unpaired) electrons. The predicted molar refractivity (Wildman–Crippen MR) is 85.6 cm³/mol. The van der Waals surface area contributed by atoms with Crippen molar-refractivity contribution in [3.8, 4) is 5.75 Å². The molecule has 1 heterocycles. The minimum absolute atomic E-state index is 0.220. The molecule has 0 bridgehead atoms. The molecule has 0 fully saturated rings. The van der Waals surface area contributed by atoms with Crippen LogP contribution in [0.15, 0.2) is 47.3 Å². The van der Waals surface area contributed by atoms with Crippen molar-refractivity contribution in [1.29, 1.82) is 0 Å². The Morgan fingerprint density at radius 3 is 2.36 bits per heavy atom. The van der Waals surface area contributed by atoms with Gasteiger partial charge >= 0.3 is 0 Å². The maximum absolute atomic E-state index is 12.5. The number of benzene rings is 2. The van der Waals surface area contributed by atoms with Crippen LogP contribution in [0.3, 0.4) is 0 Å². The Labute approximate surface area is 127 Å². The Kier molecular flexibility index (Phi) is 3.29. The lowest BCUT2D eigenvalue weighted by atomic mass is 9.99. The molecule has 2 aromatic carbocycles. The second-order valence-electron chi connectivity index (χ2n) is 5.35. The van der Waals surface area contributed by atoms with Crippen LogP contribution in [0.5, 0.6) is 5.75 Å². The van der Waals surface area contributed by atoms with E-state index in [9.17, 15) is 14.7 Å². The topological polar surface area (TPSA) is 70.2 Å². The number of aromatic amines is 1. The fourth-order valence-corrected chi connectivity index (χ4v) is 2.49. The second kappa shape index (κ2) is 5.15. The van der Waals surface area contributed by atoms with E-state index in [1.807, 2.05) is 13.8 Å². The molecule has 3 rings (SSSR count). The highest BCUT2D eigenvalue weighted by atomic mass is 16.3. The van der Waals surface area contributed by atoms with E-state index in [4.69, 9.17) is 0 Å². The number of hydrogen-bond acceptors (Lipinski definition) is 3. The molecular formula is C18H15NO3. The van der Waals surface area contributed by atoms with Crippen LogP contribution in [-0.2, 0) is 0 Å². The maximum Gasteiger partial charge on any atom is 0.263 e. The summed E-state index contributed by atoms with van der Waals surface area (Å²) in [5.41, 5.74) is 2.07. The number of aromatic hydroxyl groups is 1. The van der Waals surface area contributed by atoms with Crippen molar-refractivity contribution in [3.05, 3.63) is 75.1 Å². The minimum atomic E-state index is -0.581. The van der Waals surface area contributed by atoms with Crippen LogP contribution in [0.2, 0.25) is 0 Å². The number of aromatic nitrogens is 1. The Morgan fingerprint density at radius 1 is 1.05 bits per heavy atom. The maximum atomic E-state index is 12.5. The highest BCUT2D eigenvalue weighted by Crippen LogP contribution is 2.28. The number of carbonyl (C=O) groups is 1. The smallest absolute Gasteiger partial charge is 0.263 e. The van der Waals surface area contributed by atoms with Crippen molar-refractivity contribution in [2.24, 2.45) is 0 Å². The normalized spacial score (nSPS) is 10.8. The van der Waals surface area contributed by atoms with E-state index in [0.717, 1.165) is 11.1 Å². The van der Waals surface area contributed by atoms with Gasteiger partial charge in [-0.2, -0.15) is 0 Å². The van der Waals surface area contributed by atoms with E-state index in [1.165, 1.54) is 0 Å². The van der Waals surface area contributed by atoms with Crippen LogP contribution < -0.4 is 5.56 Å². The number of rotatable bonds is 2. The second-order valence-corrected chi connectivity index (χ2v) is 5.35. The Bertz CT molecular complexity index is 940. The lowest BCUT2D eigenvalue weighted by Gasteiger charge is -2.09. The molecule has 22 heavy (non-hydrogen) atoms. The zero-order valence-corrected chi connectivity index (χ0v) is 12.3. The van der Waals surface area contributed by atoms with E-state index in [1.54, 1.807) is 42.5 Å². The number of ketones is 1. The third-order valence-electron chi connectivity index (χ3n) is 3.86. The highest BCUT2D eigenvalue weighted by molar-refractivity contribution is 6.12. The number of hydrogen-bond donors (Lipinski definition) is 2. The summed E-state index contributed by atoms with van der Waals surface area (Å²) in [5.74, 6) is -0.754. The molecule has 0 amide bonds. The summed E-state index contributed by atoms with van der Waals surface area (Å²) >= 11 is 0. The van der Waals surface area contributed by atoms with Gasteiger partial charge in [-0.25, -0.2) is 0 Å². The molecule has 4 nitrogen and oxygen atoms in total. The van der Waals surface area contributed by atoms with Crippen LogP contribution in [0.4, 0.5) is 0 Å². The molecule has 2 N–H and O–H groups in total. The van der Waals surface area contributed by atoms with E-state index < -0.39 is 11.3 Å². The van der Waals surface area contributed by atoms with Gasteiger partial charge in [0.25, 0.3) is 5.56 Å². The number of H-pyrrole nitrogens is 1. The lowest BCUT2D eigenvalue weighted by molar-refractivity contribution is 0.103. The van der Waals surface area contributed by atoms with Crippen molar-refractivity contribution in [2.45, 2.75) is 13.8 Å². The Hall–Kier alpha value is -2.88. The van der Waals surface area contributed by atoms with Crippen molar-refractivity contribution in [2.75, 3.05) is 0 Å². The van der Waals surface area contributed by atoms with Gasteiger partial charge in [-0.15, -0.1) is 0 Å². The highest BCUT2D eigenvalue weighted by Gasteiger charge is 2.20. The van der Waals surface area contributed by atoms with Gasteiger partial charge in [-0.1, -0.05) is 30.3 Å². The molecule has 0 unspecified atom stereocenters. The summed E-state index contributed by atoms with van der Waals surface area (Å²) in [6.45, 7) is 3.84. The van der Waals surface area contributed by atoms with Crippen molar-refractivity contribution < 1.29 is 9.90 Å². The average molecular weight is 293 g/mol. The summed E-state index contributed by atoms with van der Waals surface area (Å²) in [6.07, 6.45) is 0. The zero-order chi connectivity index (χ0) is 15.9. The molecule has 3 aromatic rings. The van der Waals surface area contributed by atoms with Crippen molar-refractivity contribution >= 4 is 16.7 Å². The SMILES string of the molecule is Cc1cc2[nH]c(=O)c(C(=O)c3ccccc3)c(O)c2cc1C. The number of pyridine rings is 1. The van der Waals surface area contributed by atoms with Gasteiger partial charge in [0.2, 0.25) is 5.78 Å². The van der Waals surface area contributed by atoms with Gasteiger partial charge < -0.3 is 10.1 Å². The van der Waals surface area contributed by atoms with Crippen LogP contribution >= 0.6 is 0 Å². The minimum Gasteiger partial charge on any atom is -0.506 e. The molecular weight excluding hydrogens is 278 g/mol. The summed E-state index contributed by atoms with van der Waals surface area (Å²) < 4.78 is 0. The monoisotopic (exact) mass is 293 g/mol. The largest absolute Gasteiger partial charge is 0.506 e. The van der Waals surface area contributed by atoms with Crippen molar-refractivity contribution in [1.82, 2.24) is 4.98 Å². The molecule has 0 aliphatic heterocycles. The summed E-state index contributed by atoms with van der Waals surface area (Å²) in [5, 5.41) is 10.9. The fourth-order valence-electron chi connectivity index (χ4n) is 2.49. The number of fused-ring (bicyclic) bond motifs is 1. The van der Waals surface area contributed by atoms with Gasteiger partial charge in [0.15, 0.2) is 0 Å². The Balaban J connectivity index is 2.29. The van der Waals surface area contributed by atoms with Gasteiger partial charge in [-0.05, 0) is 37.1 Å². The number of aryl methyl sites for hydroxylation is 2. The summed E-state index contributed by atoms with van der Waals surface area (Å²) in [4.78, 5) is 27.4.